The molecule has 348 valence electrons. The number of carbonyl (C=O) groups is 3. The molecule has 4 fully saturated rings. The van der Waals surface area contributed by atoms with Gasteiger partial charge >= 0.3 is 23.7 Å². The number of aromatic nitrogens is 2. The van der Waals surface area contributed by atoms with Crippen molar-refractivity contribution in [3.05, 3.63) is 34.4 Å². The Morgan fingerprint density at radius 2 is 1.81 bits per heavy atom. The summed E-state index contributed by atoms with van der Waals surface area (Å²) in [7, 11) is 0. The largest absolute Gasteiger partial charge is 0.463 e. The first-order valence-corrected chi connectivity index (χ1v) is 23.2. The van der Waals surface area contributed by atoms with Gasteiger partial charge in [0.25, 0.3) is 0 Å². The van der Waals surface area contributed by atoms with Crippen molar-refractivity contribution in [1.82, 2.24) is 14.9 Å². The highest BCUT2D eigenvalue weighted by Crippen LogP contribution is 2.67. The second-order valence-corrected chi connectivity index (χ2v) is 20.8. The summed E-state index contributed by atoms with van der Waals surface area (Å²) in [6, 6.07) is 1.10. The van der Waals surface area contributed by atoms with E-state index in [1.165, 1.54) is 51.4 Å². The lowest BCUT2D eigenvalue weighted by Gasteiger charge is -2.58. The number of carbonyl (C=O) groups excluding carboxylic acids is 3. The Hall–Kier alpha value is -3.43. The Labute approximate surface area is 365 Å². The van der Waals surface area contributed by atoms with Crippen LogP contribution in [-0.2, 0) is 28.5 Å². The van der Waals surface area contributed by atoms with E-state index < -0.39 is 54.3 Å². The molecule has 11 atom stereocenters. The summed E-state index contributed by atoms with van der Waals surface area (Å²) >= 11 is 0. The molecule has 4 aliphatic carbocycles. The van der Waals surface area contributed by atoms with Crippen LogP contribution in [0.3, 0.4) is 0 Å². The van der Waals surface area contributed by atoms with Crippen molar-refractivity contribution in [3.63, 3.8) is 0 Å². The Balaban J connectivity index is 0.890. The Bertz CT molecular complexity index is 1850. The van der Waals surface area contributed by atoms with Crippen LogP contribution in [0.1, 0.15) is 145 Å². The molecule has 13 nitrogen and oxygen atoms in total. The average Bonchev–Trinajstić information content (AvgIpc) is 3.65. The number of halogens is 2. The number of hydrogen-bond acceptors (Lipinski definition) is 10. The van der Waals surface area contributed by atoms with Crippen LogP contribution >= 0.6 is 0 Å². The maximum atomic E-state index is 15.1. The first kappa shape index (κ1) is 48.0. The molecule has 0 radical (unpaired) electrons. The van der Waals surface area contributed by atoms with Crippen LogP contribution in [0, 0.1) is 46.3 Å². The number of nitrogens with one attached hydrogen (secondary N) is 2. The molecule has 15 heteroatoms. The lowest BCUT2D eigenvalue weighted by atomic mass is 9.47. The zero-order chi connectivity index (χ0) is 45.2. The molecule has 5 aliphatic rings. The standard InChI is InChI=1S/C47H72F2N4O9/c1-28(2)10-9-11-29(3)33-14-15-34-32-13-12-30-26-31(18-21-45(30,7)35(32)19-22-46(33,34)8)59-25-23-50-38(54)16-17-39(55)60-27-36-40(56)47(48,49)41(61-36)53-24-20-37(51-42(53)57)52-43(58)62-44(4,5)6/h12,20,24,28-29,31-36,40-41,56H,9-11,13-19,21-23,25-27H2,1-8H3,(H,50,54)(H,51,52,57,58)/t29-,31+,32?,33-,34?,35?,36?,40?,41?,45+,46-/m1/s1. The van der Waals surface area contributed by atoms with Gasteiger partial charge in [-0.2, -0.15) is 13.8 Å². The monoisotopic (exact) mass is 875 g/mol. The number of rotatable bonds is 16. The predicted octanol–water partition coefficient (Wildman–Crippen LogP) is 8.35. The number of fused-ring (bicyclic) bond motifs is 5. The number of alkyl halides is 2. The number of esters is 1. The molecule has 0 bridgehead atoms. The minimum absolute atomic E-state index is 0.102. The van der Waals surface area contributed by atoms with Crippen molar-refractivity contribution in [1.29, 1.82) is 0 Å². The van der Waals surface area contributed by atoms with Gasteiger partial charge in [-0.05, 0) is 125 Å². The third-order valence-electron chi connectivity index (χ3n) is 15.1. The molecule has 2 heterocycles. The van der Waals surface area contributed by atoms with Gasteiger partial charge in [-0.25, -0.2) is 9.59 Å². The van der Waals surface area contributed by atoms with Crippen molar-refractivity contribution in [2.75, 3.05) is 25.1 Å². The van der Waals surface area contributed by atoms with Gasteiger partial charge < -0.3 is 29.4 Å². The summed E-state index contributed by atoms with van der Waals surface area (Å²) in [5, 5.41) is 15.3. The molecule has 6 unspecified atom stereocenters. The van der Waals surface area contributed by atoms with Crippen LogP contribution in [0.25, 0.3) is 0 Å². The Morgan fingerprint density at radius 3 is 2.52 bits per heavy atom. The van der Waals surface area contributed by atoms with E-state index in [1.54, 1.807) is 26.3 Å². The van der Waals surface area contributed by atoms with Crippen molar-refractivity contribution in [2.45, 2.75) is 175 Å². The lowest BCUT2D eigenvalue weighted by Crippen LogP contribution is -2.51. The smallest absolute Gasteiger partial charge is 0.413 e. The van der Waals surface area contributed by atoms with E-state index in [1.807, 2.05) is 0 Å². The first-order chi connectivity index (χ1) is 29.1. The molecule has 1 aromatic rings. The van der Waals surface area contributed by atoms with Crippen LogP contribution in [0.15, 0.2) is 28.7 Å². The fourth-order valence-electron chi connectivity index (χ4n) is 11.9. The molecular weight excluding hydrogens is 803 g/mol. The average molecular weight is 875 g/mol. The van der Waals surface area contributed by atoms with Crippen molar-refractivity contribution in [2.24, 2.45) is 46.3 Å². The summed E-state index contributed by atoms with van der Waals surface area (Å²) < 4.78 is 52.3. The molecule has 2 amide bonds. The van der Waals surface area contributed by atoms with E-state index in [9.17, 15) is 24.3 Å². The first-order valence-electron chi connectivity index (χ1n) is 23.2. The van der Waals surface area contributed by atoms with Crippen molar-refractivity contribution >= 4 is 23.8 Å². The third kappa shape index (κ3) is 10.7. The lowest BCUT2D eigenvalue weighted by molar-refractivity contribution is -0.151. The van der Waals surface area contributed by atoms with Gasteiger partial charge in [0.1, 0.15) is 24.1 Å². The number of allylic oxidation sites excluding steroid dienone is 1. The Kier molecular flexibility index (Phi) is 15.0. The molecule has 0 aromatic carbocycles. The number of anilines is 1. The van der Waals surface area contributed by atoms with E-state index >= 15 is 8.78 Å². The number of ether oxygens (including phenoxy) is 4. The van der Waals surface area contributed by atoms with Gasteiger partial charge in [0, 0.05) is 19.2 Å². The van der Waals surface area contributed by atoms with Gasteiger partial charge in [-0.3, -0.25) is 19.5 Å². The topological polar surface area (TPSA) is 167 Å². The van der Waals surface area contributed by atoms with Gasteiger partial charge in [0.05, 0.1) is 19.1 Å². The highest BCUT2D eigenvalue weighted by molar-refractivity contribution is 5.83. The van der Waals surface area contributed by atoms with Crippen molar-refractivity contribution < 1.29 is 47.2 Å². The number of aliphatic hydroxyl groups is 1. The molecule has 1 aromatic heterocycles. The zero-order valence-electron chi connectivity index (χ0n) is 38.2. The molecule has 62 heavy (non-hydrogen) atoms. The van der Waals surface area contributed by atoms with E-state index in [0.29, 0.717) is 16.6 Å². The van der Waals surface area contributed by atoms with Crippen molar-refractivity contribution in [3.8, 4) is 0 Å². The van der Waals surface area contributed by atoms with Gasteiger partial charge in [-0.15, -0.1) is 0 Å². The minimum Gasteiger partial charge on any atom is -0.463 e. The van der Waals surface area contributed by atoms with E-state index in [4.69, 9.17) is 18.9 Å². The molecular formula is C47H72F2N4O9. The van der Waals surface area contributed by atoms with Gasteiger partial charge in [-0.1, -0.05) is 65.5 Å². The quantitative estimate of drug-likeness (QED) is 0.0835. The van der Waals surface area contributed by atoms with Crippen LogP contribution in [0.5, 0.6) is 0 Å². The fourth-order valence-corrected chi connectivity index (χ4v) is 11.9. The summed E-state index contributed by atoms with van der Waals surface area (Å²) in [6.45, 7) is 17.2. The minimum atomic E-state index is -3.96. The van der Waals surface area contributed by atoms with E-state index in [-0.39, 0.29) is 42.6 Å². The van der Waals surface area contributed by atoms with E-state index in [0.717, 1.165) is 67.0 Å². The summed E-state index contributed by atoms with van der Waals surface area (Å²) in [6.07, 6.45) is 9.58. The molecule has 0 spiro atoms. The van der Waals surface area contributed by atoms with Gasteiger partial charge in [0.15, 0.2) is 6.10 Å². The molecule has 6 rings (SSSR count). The Morgan fingerprint density at radius 1 is 1.05 bits per heavy atom. The second kappa shape index (κ2) is 19.4. The van der Waals surface area contributed by atoms with E-state index in [2.05, 4.69) is 56.3 Å². The summed E-state index contributed by atoms with van der Waals surface area (Å²) in [5.74, 6) is -0.654. The summed E-state index contributed by atoms with van der Waals surface area (Å²) in [4.78, 5) is 53.2. The number of hydrogen-bond donors (Lipinski definition) is 3. The highest BCUT2D eigenvalue weighted by Gasteiger charge is 2.61. The second-order valence-electron chi connectivity index (χ2n) is 20.8. The van der Waals surface area contributed by atoms with Crippen LogP contribution < -0.4 is 16.3 Å². The van der Waals surface area contributed by atoms with Crippen LogP contribution in [0.4, 0.5) is 19.4 Å². The SMILES string of the molecule is CC(C)CCC[C@@H](C)[C@H]1CCC2C3CC=C4C[C@@H](OCCNC(=O)CCC(=O)OCC5OC(n6ccc(NC(=O)OC(C)(C)C)nc6=O)C(F)(F)C5O)CC[C@]4(C)C3CC[C@@]21C. The zero-order valence-corrected chi connectivity index (χ0v) is 38.2. The molecule has 1 saturated heterocycles. The fraction of sp³-hybridized carbons (Fsp3) is 0.809. The summed E-state index contributed by atoms with van der Waals surface area (Å²) in [5.41, 5.74) is 0.239. The van der Waals surface area contributed by atoms with Crippen LogP contribution in [-0.4, -0.2) is 82.2 Å². The number of amides is 2. The third-order valence-corrected chi connectivity index (χ3v) is 15.1. The highest BCUT2D eigenvalue weighted by atomic mass is 19.3. The maximum absolute atomic E-state index is 15.1. The maximum Gasteiger partial charge on any atom is 0.413 e. The number of nitrogens with zero attached hydrogens (tertiary/aromatic N) is 2. The van der Waals surface area contributed by atoms with Crippen LogP contribution in [0.2, 0.25) is 0 Å². The molecule has 1 aliphatic heterocycles. The molecule has 3 saturated carbocycles. The van der Waals surface area contributed by atoms with Gasteiger partial charge in [0.2, 0.25) is 12.1 Å². The number of aliphatic hydroxyl groups excluding tert-OH is 1. The predicted molar refractivity (Wildman–Crippen MR) is 229 cm³/mol. The molecule has 3 N–H and O–H groups in total. The normalized spacial score (nSPS) is 33.1.